The number of aryl methyl sites for hydroxylation is 1. The molecule has 3 aliphatic rings. The van der Waals surface area contributed by atoms with E-state index in [1.54, 1.807) is 11.1 Å². The van der Waals surface area contributed by atoms with E-state index in [-0.39, 0.29) is 10.8 Å². The third-order valence-electron chi connectivity index (χ3n) is 6.89. The van der Waals surface area contributed by atoms with Crippen molar-refractivity contribution in [2.24, 2.45) is 0 Å². The van der Waals surface area contributed by atoms with Crippen molar-refractivity contribution in [3.8, 4) is 22.3 Å². The van der Waals surface area contributed by atoms with E-state index in [4.69, 9.17) is 0 Å². The van der Waals surface area contributed by atoms with E-state index in [1.165, 1.54) is 45.4 Å². The molecular formula is C24H20. The summed E-state index contributed by atoms with van der Waals surface area (Å²) < 4.78 is 0. The molecule has 6 rings (SSSR count). The lowest BCUT2D eigenvalue weighted by Gasteiger charge is -2.29. The molecule has 3 aromatic rings. The average Bonchev–Trinajstić information content (AvgIpc) is 3.07. The quantitative estimate of drug-likeness (QED) is 0.480. The number of rotatable bonds is 0. The molecule has 0 aromatic heterocycles. The standard InChI is InChI=1S/C24H20/c1-14-8-11-20-18(12-14)17-10-9-16-15-6-4-5-7-19(15)23(2)13-24(20,3)22(17)21(16)23/h4-12H,13H2,1-3H3. The van der Waals surface area contributed by atoms with Crippen molar-refractivity contribution in [2.45, 2.75) is 38.0 Å². The summed E-state index contributed by atoms with van der Waals surface area (Å²) in [5.74, 6) is 0. The Morgan fingerprint density at radius 3 is 2.04 bits per heavy atom. The minimum atomic E-state index is 0.159. The van der Waals surface area contributed by atoms with Crippen molar-refractivity contribution in [1.82, 2.24) is 0 Å². The first-order valence-corrected chi connectivity index (χ1v) is 8.93. The molecule has 2 atom stereocenters. The third-order valence-corrected chi connectivity index (χ3v) is 6.89. The maximum Gasteiger partial charge on any atom is 0.0201 e. The fourth-order valence-electron chi connectivity index (χ4n) is 6.10. The maximum atomic E-state index is 2.47. The highest BCUT2D eigenvalue weighted by molar-refractivity contribution is 5.93. The van der Waals surface area contributed by atoms with Gasteiger partial charge in [-0.05, 0) is 57.9 Å². The Bertz CT molecular complexity index is 1070. The van der Waals surface area contributed by atoms with E-state index in [1.807, 2.05) is 0 Å². The van der Waals surface area contributed by atoms with Crippen molar-refractivity contribution < 1.29 is 0 Å². The van der Waals surface area contributed by atoms with E-state index in [2.05, 4.69) is 75.4 Å². The zero-order valence-corrected chi connectivity index (χ0v) is 14.4. The van der Waals surface area contributed by atoms with E-state index in [0.29, 0.717) is 0 Å². The van der Waals surface area contributed by atoms with Crippen molar-refractivity contribution in [1.29, 1.82) is 0 Å². The van der Waals surface area contributed by atoms with Gasteiger partial charge in [-0.15, -0.1) is 0 Å². The van der Waals surface area contributed by atoms with Crippen LogP contribution in [0.5, 0.6) is 0 Å². The second kappa shape index (κ2) is 3.67. The summed E-state index contributed by atoms with van der Waals surface area (Å²) in [6.45, 7) is 7.14. The van der Waals surface area contributed by atoms with Crippen LogP contribution >= 0.6 is 0 Å². The van der Waals surface area contributed by atoms with Gasteiger partial charge < -0.3 is 0 Å². The fraction of sp³-hybridized carbons (Fsp3) is 0.250. The first kappa shape index (κ1) is 13.0. The van der Waals surface area contributed by atoms with Gasteiger partial charge in [-0.25, -0.2) is 0 Å². The van der Waals surface area contributed by atoms with Gasteiger partial charge in [0.05, 0.1) is 0 Å². The highest BCUT2D eigenvalue weighted by atomic mass is 14.6. The lowest BCUT2D eigenvalue weighted by atomic mass is 9.73. The Balaban J connectivity index is 1.79. The second-order valence-electron chi connectivity index (χ2n) is 8.35. The van der Waals surface area contributed by atoms with E-state index in [0.717, 1.165) is 0 Å². The zero-order valence-electron chi connectivity index (χ0n) is 14.4. The molecule has 0 nitrogen and oxygen atoms in total. The van der Waals surface area contributed by atoms with Gasteiger partial charge in [0.15, 0.2) is 0 Å². The largest absolute Gasteiger partial charge is 0.0619 e. The van der Waals surface area contributed by atoms with Crippen molar-refractivity contribution >= 4 is 0 Å². The fourth-order valence-corrected chi connectivity index (χ4v) is 6.10. The predicted molar refractivity (Wildman–Crippen MR) is 99.6 cm³/mol. The van der Waals surface area contributed by atoms with Gasteiger partial charge in [0, 0.05) is 10.8 Å². The van der Waals surface area contributed by atoms with Crippen LogP contribution in [0.2, 0.25) is 0 Å². The second-order valence-corrected chi connectivity index (χ2v) is 8.35. The summed E-state index contributed by atoms with van der Waals surface area (Å²) in [5, 5.41) is 0. The maximum absolute atomic E-state index is 2.47. The molecule has 3 aliphatic carbocycles. The molecule has 0 heterocycles. The first-order chi connectivity index (χ1) is 11.5. The summed E-state index contributed by atoms with van der Waals surface area (Å²) in [4.78, 5) is 0. The van der Waals surface area contributed by atoms with E-state index >= 15 is 0 Å². The lowest BCUT2D eigenvalue weighted by Crippen LogP contribution is -2.24. The molecule has 0 bridgehead atoms. The Morgan fingerprint density at radius 2 is 1.29 bits per heavy atom. The molecule has 24 heavy (non-hydrogen) atoms. The summed E-state index contributed by atoms with van der Waals surface area (Å²) in [5.41, 5.74) is 13.8. The van der Waals surface area contributed by atoms with E-state index < -0.39 is 0 Å². The molecule has 116 valence electrons. The number of hydrogen-bond acceptors (Lipinski definition) is 0. The zero-order chi connectivity index (χ0) is 16.3. The first-order valence-electron chi connectivity index (χ1n) is 8.93. The van der Waals surface area contributed by atoms with Gasteiger partial charge in [0.2, 0.25) is 0 Å². The summed E-state index contributed by atoms with van der Waals surface area (Å²) in [6, 6.07) is 20.8. The molecule has 0 saturated carbocycles. The third kappa shape index (κ3) is 1.16. The topological polar surface area (TPSA) is 0 Å². The van der Waals surface area contributed by atoms with Gasteiger partial charge in [-0.1, -0.05) is 74.0 Å². The van der Waals surface area contributed by atoms with Crippen LogP contribution in [-0.2, 0) is 10.8 Å². The van der Waals surface area contributed by atoms with Crippen molar-refractivity contribution in [3.05, 3.63) is 82.4 Å². The summed E-state index contributed by atoms with van der Waals surface area (Å²) >= 11 is 0. The molecular weight excluding hydrogens is 288 g/mol. The van der Waals surface area contributed by atoms with E-state index in [9.17, 15) is 0 Å². The highest BCUT2D eigenvalue weighted by Gasteiger charge is 2.57. The van der Waals surface area contributed by atoms with Crippen molar-refractivity contribution in [3.63, 3.8) is 0 Å². The molecule has 3 aromatic carbocycles. The summed E-state index contributed by atoms with van der Waals surface area (Å²) in [7, 11) is 0. The predicted octanol–water partition coefficient (Wildman–Crippen LogP) is 5.97. The van der Waals surface area contributed by atoms with Crippen LogP contribution in [0, 0.1) is 6.92 Å². The number of benzene rings is 3. The Kier molecular flexibility index (Phi) is 1.99. The van der Waals surface area contributed by atoms with Gasteiger partial charge in [0.1, 0.15) is 0 Å². The van der Waals surface area contributed by atoms with Gasteiger partial charge in [-0.2, -0.15) is 0 Å². The minimum Gasteiger partial charge on any atom is -0.0619 e. The Hall–Kier alpha value is -2.34. The molecule has 0 fully saturated rings. The van der Waals surface area contributed by atoms with Crippen LogP contribution in [0.25, 0.3) is 22.3 Å². The molecule has 0 amide bonds. The number of fused-ring (bicyclic) bond motifs is 6. The Morgan fingerprint density at radius 1 is 0.667 bits per heavy atom. The normalized spacial score (nSPS) is 27.1. The minimum absolute atomic E-state index is 0.159. The molecule has 0 saturated heterocycles. The highest BCUT2D eigenvalue weighted by Crippen LogP contribution is 2.68. The average molecular weight is 308 g/mol. The summed E-state index contributed by atoms with van der Waals surface area (Å²) in [6.07, 6.45) is 1.19. The molecule has 0 aliphatic heterocycles. The van der Waals surface area contributed by atoms with Crippen LogP contribution in [0.4, 0.5) is 0 Å². The van der Waals surface area contributed by atoms with Gasteiger partial charge in [-0.3, -0.25) is 0 Å². The molecule has 0 radical (unpaired) electrons. The van der Waals surface area contributed by atoms with Crippen LogP contribution in [-0.4, -0.2) is 0 Å². The van der Waals surface area contributed by atoms with Crippen LogP contribution in [0.15, 0.2) is 54.6 Å². The lowest BCUT2D eigenvalue weighted by molar-refractivity contribution is 0.460. The van der Waals surface area contributed by atoms with Crippen molar-refractivity contribution in [2.75, 3.05) is 0 Å². The Labute approximate surface area is 143 Å². The van der Waals surface area contributed by atoms with Gasteiger partial charge >= 0.3 is 0 Å². The molecule has 0 N–H and O–H groups in total. The molecule has 2 unspecified atom stereocenters. The molecule has 0 spiro atoms. The number of hydrogen-bond donors (Lipinski definition) is 0. The van der Waals surface area contributed by atoms with Crippen LogP contribution in [0.1, 0.15) is 48.1 Å². The smallest absolute Gasteiger partial charge is 0.0201 e. The molecule has 0 heteroatoms. The van der Waals surface area contributed by atoms with Crippen LogP contribution in [0.3, 0.4) is 0 Å². The SMILES string of the molecule is Cc1ccc2c(c1)-c1ccc3c4c1C2(C)CC4(C)c1ccccc1-3. The van der Waals surface area contributed by atoms with Gasteiger partial charge in [0.25, 0.3) is 0 Å². The van der Waals surface area contributed by atoms with Crippen LogP contribution < -0.4 is 0 Å². The monoisotopic (exact) mass is 308 g/mol.